The Kier molecular flexibility index (Phi) is 9.51. The van der Waals surface area contributed by atoms with E-state index >= 15 is 0 Å². The first kappa shape index (κ1) is 28.4. The molecule has 9 nitrogen and oxygen atoms in total. The Bertz CT molecular complexity index is 1310. The molecule has 2 amide bonds. The molecule has 0 saturated carbocycles. The number of fused-ring (bicyclic) bond motifs is 3. The SMILES string of the molecule is CC[C@H](CC(=O)O)NC(=O)[C@H](CC(=O)OCc1ccccc1)NC(=O)OCC1c2ccccc2-c2ccccc21. The van der Waals surface area contributed by atoms with Gasteiger partial charge in [0.25, 0.3) is 0 Å². The predicted molar refractivity (Wildman–Crippen MR) is 147 cm³/mol. The van der Waals surface area contributed by atoms with Gasteiger partial charge in [0.05, 0.1) is 12.8 Å². The van der Waals surface area contributed by atoms with Crippen LogP contribution in [0, 0.1) is 0 Å². The predicted octanol–water partition coefficient (Wildman–Crippen LogP) is 4.40. The van der Waals surface area contributed by atoms with Crippen molar-refractivity contribution >= 4 is 23.9 Å². The fraction of sp³-hybridized carbons (Fsp3) is 0.290. The van der Waals surface area contributed by atoms with Crippen molar-refractivity contribution in [3.63, 3.8) is 0 Å². The van der Waals surface area contributed by atoms with Gasteiger partial charge in [-0.15, -0.1) is 0 Å². The first-order chi connectivity index (χ1) is 19.4. The largest absolute Gasteiger partial charge is 0.481 e. The first-order valence-electron chi connectivity index (χ1n) is 13.2. The summed E-state index contributed by atoms with van der Waals surface area (Å²) < 4.78 is 10.9. The lowest BCUT2D eigenvalue weighted by Gasteiger charge is -2.22. The van der Waals surface area contributed by atoms with Crippen molar-refractivity contribution in [2.75, 3.05) is 6.61 Å². The van der Waals surface area contributed by atoms with Gasteiger partial charge in [-0.25, -0.2) is 4.79 Å². The molecular formula is C31H32N2O7. The van der Waals surface area contributed by atoms with Gasteiger partial charge in [-0.3, -0.25) is 14.4 Å². The number of carboxylic acids is 1. The molecular weight excluding hydrogens is 512 g/mol. The molecule has 4 rings (SSSR count). The van der Waals surface area contributed by atoms with E-state index in [9.17, 15) is 19.2 Å². The molecule has 0 fully saturated rings. The van der Waals surface area contributed by atoms with E-state index in [2.05, 4.69) is 10.6 Å². The molecule has 0 bridgehead atoms. The summed E-state index contributed by atoms with van der Waals surface area (Å²) in [5, 5.41) is 14.2. The maximum absolute atomic E-state index is 13.0. The third kappa shape index (κ3) is 7.25. The summed E-state index contributed by atoms with van der Waals surface area (Å²) in [4.78, 5) is 49.7. The number of alkyl carbamates (subject to hydrolysis) is 1. The smallest absolute Gasteiger partial charge is 0.407 e. The number of esters is 1. The second kappa shape index (κ2) is 13.4. The van der Waals surface area contributed by atoms with Crippen LogP contribution in [0.4, 0.5) is 4.79 Å². The summed E-state index contributed by atoms with van der Waals surface area (Å²) in [7, 11) is 0. The molecule has 0 radical (unpaired) electrons. The zero-order chi connectivity index (χ0) is 28.5. The van der Waals surface area contributed by atoms with Crippen LogP contribution in [0.3, 0.4) is 0 Å². The number of nitrogens with one attached hydrogen (secondary N) is 2. The zero-order valence-electron chi connectivity index (χ0n) is 22.2. The summed E-state index contributed by atoms with van der Waals surface area (Å²) in [5.74, 6) is -2.65. The van der Waals surface area contributed by atoms with Crippen LogP contribution in [0.2, 0.25) is 0 Å². The minimum absolute atomic E-state index is 0.00948. The highest BCUT2D eigenvalue weighted by Gasteiger charge is 2.31. The van der Waals surface area contributed by atoms with E-state index in [-0.39, 0.29) is 25.6 Å². The summed E-state index contributed by atoms with van der Waals surface area (Å²) in [5.41, 5.74) is 5.00. The molecule has 3 N–H and O–H groups in total. The van der Waals surface area contributed by atoms with Crippen LogP contribution in [0.5, 0.6) is 0 Å². The molecule has 208 valence electrons. The van der Waals surface area contributed by atoms with Crippen molar-refractivity contribution in [3.05, 3.63) is 95.6 Å². The number of carbonyl (C=O) groups excluding carboxylic acids is 3. The second-order valence-electron chi connectivity index (χ2n) is 9.58. The normalized spacial score (nSPS) is 13.3. The summed E-state index contributed by atoms with van der Waals surface area (Å²) in [6, 6.07) is 22.9. The van der Waals surface area contributed by atoms with Crippen molar-refractivity contribution in [1.82, 2.24) is 10.6 Å². The number of carbonyl (C=O) groups is 4. The first-order valence-corrected chi connectivity index (χ1v) is 13.2. The van der Waals surface area contributed by atoms with Crippen LogP contribution >= 0.6 is 0 Å². The van der Waals surface area contributed by atoms with Gasteiger partial charge < -0.3 is 25.2 Å². The topological polar surface area (TPSA) is 131 Å². The van der Waals surface area contributed by atoms with Crippen molar-refractivity contribution < 1.29 is 33.8 Å². The van der Waals surface area contributed by atoms with Gasteiger partial charge in [-0.1, -0.05) is 85.8 Å². The number of ether oxygens (including phenoxy) is 2. The number of benzene rings is 3. The third-order valence-corrected chi connectivity index (χ3v) is 6.83. The summed E-state index contributed by atoms with van der Waals surface area (Å²) in [6.07, 6.45) is -1.26. The van der Waals surface area contributed by atoms with Crippen LogP contribution in [0.15, 0.2) is 78.9 Å². The molecule has 0 unspecified atom stereocenters. The van der Waals surface area contributed by atoms with Crippen molar-refractivity contribution in [3.8, 4) is 11.1 Å². The number of hydrogen-bond acceptors (Lipinski definition) is 6. The Morgan fingerprint density at radius 3 is 2.00 bits per heavy atom. The molecule has 1 aliphatic carbocycles. The lowest BCUT2D eigenvalue weighted by Crippen LogP contribution is -2.51. The van der Waals surface area contributed by atoms with Crippen LogP contribution < -0.4 is 10.6 Å². The van der Waals surface area contributed by atoms with E-state index in [0.29, 0.717) is 6.42 Å². The fourth-order valence-electron chi connectivity index (χ4n) is 4.77. The summed E-state index contributed by atoms with van der Waals surface area (Å²) in [6.45, 7) is 1.77. The lowest BCUT2D eigenvalue weighted by molar-refractivity contribution is -0.147. The van der Waals surface area contributed by atoms with E-state index in [1.807, 2.05) is 66.7 Å². The van der Waals surface area contributed by atoms with Crippen molar-refractivity contribution in [1.29, 1.82) is 0 Å². The molecule has 1 aliphatic rings. The molecule has 0 aromatic heterocycles. The van der Waals surface area contributed by atoms with Gasteiger partial charge in [0.2, 0.25) is 5.91 Å². The number of amides is 2. The Morgan fingerprint density at radius 2 is 1.40 bits per heavy atom. The minimum Gasteiger partial charge on any atom is -0.481 e. The van der Waals surface area contributed by atoms with E-state index in [1.54, 1.807) is 19.1 Å². The number of carboxylic acid groups (broad SMARTS) is 1. The second-order valence-corrected chi connectivity index (χ2v) is 9.58. The van der Waals surface area contributed by atoms with Crippen molar-refractivity contribution in [2.45, 2.75) is 50.8 Å². The highest BCUT2D eigenvalue weighted by Crippen LogP contribution is 2.44. The van der Waals surface area contributed by atoms with Gasteiger partial charge in [0.15, 0.2) is 0 Å². The molecule has 0 saturated heterocycles. The Labute approximate surface area is 232 Å². The fourth-order valence-corrected chi connectivity index (χ4v) is 4.77. The highest BCUT2D eigenvalue weighted by molar-refractivity contribution is 5.90. The van der Waals surface area contributed by atoms with E-state index < -0.39 is 42.4 Å². The van der Waals surface area contributed by atoms with Crippen LogP contribution in [0.25, 0.3) is 11.1 Å². The van der Waals surface area contributed by atoms with Gasteiger partial charge in [0, 0.05) is 12.0 Å². The van der Waals surface area contributed by atoms with Crippen LogP contribution in [0.1, 0.15) is 48.8 Å². The molecule has 40 heavy (non-hydrogen) atoms. The van der Waals surface area contributed by atoms with Gasteiger partial charge in [-0.05, 0) is 34.2 Å². The maximum atomic E-state index is 13.0. The van der Waals surface area contributed by atoms with E-state index in [0.717, 1.165) is 27.8 Å². The Morgan fingerprint density at radius 1 is 0.800 bits per heavy atom. The standard InChI is InChI=1S/C31H32N2O7/c1-2-21(16-28(34)35)32-30(37)27(17-29(36)39-18-20-10-4-3-5-11-20)33-31(38)40-19-26-24-14-8-6-12-22(24)23-13-7-9-15-25(23)26/h3-15,21,26-27H,2,16-19H2,1H3,(H,32,37)(H,33,38)(H,34,35)/t21-,27+/m1/s1. The highest BCUT2D eigenvalue weighted by atomic mass is 16.5. The number of aliphatic carboxylic acids is 1. The number of rotatable bonds is 12. The van der Waals surface area contributed by atoms with Gasteiger partial charge >= 0.3 is 18.0 Å². The Balaban J connectivity index is 1.41. The Hall–Kier alpha value is -4.66. The zero-order valence-corrected chi connectivity index (χ0v) is 22.2. The maximum Gasteiger partial charge on any atom is 0.407 e. The average Bonchev–Trinajstić information content (AvgIpc) is 3.28. The minimum atomic E-state index is -1.32. The molecule has 3 aromatic rings. The molecule has 9 heteroatoms. The van der Waals surface area contributed by atoms with Crippen LogP contribution in [-0.4, -0.2) is 47.7 Å². The number of hydrogen-bond donors (Lipinski definition) is 3. The molecule has 3 aromatic carbocycles. The van der Waals surface area contributed by atoms with Crippen LogP contribution in [-0.2, 0) is 30.5 Å². The lowest BCUT2D eigenvalue weighted by atomic mass is 9.98. The van der Waals surface area contributed by atoms with Gasteiger partial charge in [0.1, 0.15) is 19.3 Å². The van der Waals surface area contributed by atoms with E-state index in [1.165, 1.54) is 0 Å². The third-order valence-electron chi connectivity index (χ3n) is 6.83. The molecule has 0 spiro atoms. The molecule has 2 atom stereocenters. The average molecular weight is 545 g/mol. The monoisotopic (exact) mass is 544 g/mol. The molecule has 0 heterocycles. The summed E-state index contributed by atoms with van der Waals surface area (Å²) >= 11 is 0. The quantitative estimate of drug-likeness (QED) is 0.288. The van der Waals surface area contributed by atoms with Gasteiger partial charge in [-0.2, -0.15) is 0 Å². The van der Waals surface area contributed by atoms with Crippen molar-refractivity contribution in [2.24, 2.45) is 0 Å². The van der Waals surface area contributed by atoms with E-state index in [4.69, 9.17) is 14.6 Å². The molecule has 0 aliphatic heterocycles.